The summed E-state index contributed by atoms with van der Waals surface area (Å²) in [5, 5.41) is 14.8. The lowest BCUT2D eigenvalue weighted by atomic mass is 10.0. The van der Waals surface area contributed by atoms with Crippen molar-refractivity contribution in [2.45, 2.75) is 6.17 Å². The number of phenols is 1. The van der Waals surface area contributed by atoms with Gasteiger partial charge < -0.3 is 19.6 Å². The van der Waals surface area contributed by atoms with Gasteiger partial charge in [-0.3, -0.25) is 15.0 Å². The van der Waals surface area contributed by atoms with E-state index in [4.69, 9.17) is 9.15 Å². The molecule has 154 valence electrons. The van der Waals surface area contributed by atoms with Crippen molar-refractivity contribution < 1.29 is 23.8 Å². The summed E-state index contributed by atoms with van der Waals surface area (Å²) in [5.41, 5.74) is 3.83. The number of phenolic OH excluding ortho intramolecular Hbond substituents is 1. The molecular weight excluding hydrogens is 522 g/mol. The van der Waals surface area contributed by atoms with E-state index in [1.165, 1.54) is 19.2 Å². The second-order valence-electron chi connectivity index (χ2n) is 6.38. The van der Waals surface area contributed by atoms with Gasteiger partial charge in [0.15, 0.2) is 16.6 Å². The first-order chi connectivity index (χ1) is 14.4. The van der Waals surface area contributed by atoms with Crippen LogP contribution in [-0.2, 0) is 0 Å². The molecule has 0 fully saturated rings. The van der Waals surface area contributed by atoms with Gasteiger partial charge >= 0.3 is 5.91 Å². The zero-order chi connectivity index (χ0) is 21.4. The van der Waals surface area contributed by atoms with Gasteiger partial charge in [0.2, 0.25) is 0 Å². The first-order valence-corrected chi connectivity index (χ1v) is 10.3. The molecule has 0 saturated carbocycles. The number of nitrogens with zero attached hydrogens (tertiary/aromatic N) is 1. The highest BCUT2D eigenvalue weighted by atomic mass is 79.9. The van der Waals surface area contributed by atoms with Crippen LogP contribution in [-0.4, -0.2) is 29.0 Å². The molecule has 0 saturated heterocycles. The minimum atomic E-state index is -0.899. The largest absolute Gasteiger partial charge is 0.508 e. The number of carbonyl (C=O) groups is 2. The number of anilines is 1. The number of carbonyl (C=O) groups excluding carboxylic acids is 2. The Bertz CT molecular complexity index is 1150. The molecule has 2 aromatic carbocycles. The smallest absolute Gasteiger partial charge is 0.305 e. The number of amides is 2. The van der Waals surface area contributed by atoms with Crippen LogP contribution < -0.4 is 15.5 Å². The Morgan fingerprint density at radius 3 is 2.70 bits per heavy atom. The van der Waals surface area contributed by atoms with E-state index in [9.17, 15) is 14.7 Å². The molecule has 3 N–H and O–H groups in total. The van der Waals surface area contributed by atoms with Gasteiger partial charge in [-0.15, -0.1) is 0 Å². The fourth-order valence-corrected chi connectivity index (χ4v) is 3.76. The van der Waals surface area contributed by atoms with Crippen LogP contribution in [0.1, 0.15) is 32.6 Å². The number of aromatic hydroxyl groups is 1. The summed E-state index contributed by atoms with van der Waals surface area (Å²) < 4.78 is 11.6. The van der Waals surface area contributed by atoms with Gasteiger partial charge in [-0.1, -0.05) is 15.9 Å². The quantitative estimate of drug-likeness (QED) is 0.455. The van der Waals surface area contributed by atoms with Gasteiger partial charge in [0.1, 0.15) is 11.5 Å². The van der Waals surface area contributed by atoms with Gasteiger partial charge in [-0.25, -0.2) is 5.01 Å². The van der Waals surface area contributed by atoms with Crippen LogP contribution in [0.3, 0.4) is 0 Å². The molecule has 10 heteroatoms. The summed E-state index contributed by atoms with van der Waals surface area (Å²) >= 11 is 6.51. The molecule has 2 heterocycles. The lowest BCUT2D eigenvalue weighted by molar-refractivity contribution is 0.0477. The molecule has 8 nitrogen and oxygen atoms in total. The lowest BCUT2D eigenvalue weighted by Gasteiger charge is -2.37. The number of hydrogen-bond donors (Lipinski definition) is 3. The highest BCUT2D eigenvalue weighted by molar-refractivity contribution is 9.10. The third kappa shape index (κ3) is 3.75. The summed E-state index contributed by atoms with van der Waals surface area (Å²) in [6.07, 6.45) is -0.899. The molecule has 1 atom stereocenters. The lowest BCUT2D eigenvalue weighted by Crippen LogP contribution is -2.52. The number of benzene rings is 2. The summed E-state index contributed by atoms with van der Waals surface area (Å²) in [6, 6.07) is 12.9. The van der Waals surface area contributed by atoms with E-state index in [-0.39, 0.29) is 11.5 Å². The van der Waals surface area contributed by atoms with Crippen LogP contribution in [0.4, 0.5) is 5.69 Å². The Hall–Kier alpha value is -2.98. The minimum absolute atomic E-state index is 0.0170. The van der Waals surface area contributed by atoms with E-state index in [1.807, 2.05) is 0 Å². The fourth-order valence-electron chi connectivity index (χ4n) is 3.09. The number of methoxy groups -OCH3 is 1. The number of fused-ring (bicyclic) bond motifs is 1. The maximum atomic E-state index is 13.3. The summed E-state index contributed by atoms with van der Waals surface area (Å²) in [7, 11) is 1.50. The normalized spacial score (nSPS) is 15.4. The highest BCUT2D eigenvalue weighted by Crippen LogP contribution is 2.38. The molecule has 0 spiro atoms. The van der Waals surface area contributed by atoms with E-state index in [0.29, 0.717) is 31.7 Å². The van der Waals surface area contributed by atoms with Gasteiger partial charge in [0.05, 0.1) is 12.7 Å². The Balaban J connectivity index is 1.78. The second-order valence-corrected chi connectivity index (χ2v) is 8.08. The Labute approximate surface area is 188 Å². The number of furan rings is 1. The van der Waals surface area contributed by atoms with Crippen LogP contribution in [0.5, 0.6) is 11.5 Å². The summed E-state index contributed by atoms with van der Waals surface area (Å²) in [6.45, 7) is 0. The average molecular weight is 537 g/mol. The zero-order valence-electron chi connectivity index (χ0n) is 15.5. The van der Waals surface area contributed by atoms with Crippen LogP contribution in [0.15, 0.2) is 62.1 Å². The van der Waals surface area contributed by atoms with Crippen molar-refractivity contribution in [3.63, 3.8) is 0 Å². The van der Waals surface area contributed by atoms with E-state index < -0.39 is 18.0 Å². The third-order valence-electron chi connectivity index (χ3n) is 4.53. The average Bonchev–Trinajstić information content (AvgIpc) is 3.17. The van der Waals surface area contributed by atoms with Crippen molar-refractivity contribution >= 4 is 49.4 Å². The van der Waals surface area contributed by atoms with Gasteiger partial charge in [-0.2, -0.15) is 0 Å². The number of ether oxygens (including phenoxy) is 1. The molecule has 1 aliphatic heterocycles. The number of hydrogen-bond acceptors (Lipinski definition) is 6. The predicted octanol–water partition coefficient (Wildman–Crippen LogP) is 4.43. The molecule has 1 unspecified atom stereocenters. The number of halogens is 2. The van der Waals surface area contributed by atoms with Crippen molar-refractivity contribution in [1.82, 2.24) is 10.4 Å². The summed E-state index contributed by atoms with van der Waals surface area (Å²) in [5.74, 6) is -0.650. The molecule has 2 amide bonds. The van der Waals surface area contributed by atoms with Crippen molar-refractivity contribution in [1.29, 1.82) is 0 Å². The van der Waals surface area contributed by atoms with Crippen LogP contribution >= 0.6 is 31.9 Å². The van der Waals surface area contributed by atoms with Crippen LogP contribution in [0, 0.1) is 0 Å². The fraction of sp³-hybridized carbons (Fsp3) is 0.100. The Morgan fingerprint density at radius 2 is 2.00 bits per heavy atom. The summed E-state index contributed by atoms with van der Waals surface area (Å²) in [4.78, 5) is 26.0. The van der Waals surface area contributed by atoms with Gasteiger partial charge in [0, 0.05) is 15.7 Å². The molecule has 0 aliphatic carbocycles. The van der Waals surface area contributed by atoms with Gasteiger partial charge in [-0.05, 0) is 64.5 Å². The van der Waals surface area contributed by atoms with E-state index >= 15 is 0 Å². The maximum Gasteiger partial charge on any atom is 0.305 e. The molecule has 0 radical (unpaired) electrons. The molecule has 1 aromatic heterocycles. The van der Waals surface area contributed by atoms with Crippen molar-refractivity contribution in [3.8, 4) is 11.5 Å². The zero-order valence-corrected chi connectivity index (χ0v) is 18.7. The molecule has 4 rings (SSSR count). The number of nitrogens with one attached hydrogen (secondary N) is 2. The Kier molecular flexibility index (Phi) is 5.44. The topological polar surface area (TPSA) is 104 Å². The number of rotatable bonds is 4. The maximum absolute atomic E-state index is 13.3. The first kappa shape index (κ1) is 20.3. The van der Waals surface area contributed by atoms with E-state index in [1.54, 1.807) is 36.4 Å². The SMILES string of the molecule is COc1ccc(O)c(C2Nc3ccc(Br)cc3C(=O)N2NC(=O)c2ccc(Br)o2)c1. The number of hydrazine groups is 1. The predicted molar refractivity (Wildman–Crippen MR) is 115 cm³/mol. The Morgan fingerprint density at radius 1 is 1.20 bits per heavy atom. The van der Waals surface area contributed by atoms with Crippen LogP contribution in [0.2, 0.25) is 0 Å². The molecule has 3 aromatic rings. The van der Waals surface area contributed by atoms with E-state index in [0.717, 1.165) is 5.01 Å². The first-order valence-electron chi connectivity index (χ1n) is 8.70. The molecule has 0 bridgehead atoms. The van der Waals surface area contributed by atoms with Gasteiger partial charge in [0.25, 0.3) is 5.91 Å². The third-order valence-corrected chi connectivity index (χ3v) is 5.45. The van der Waals surface area contributed by atoms with Crippen molar-refractivity contribution in [3.05, 3.63) is 74.6 Å². The van der Waals surface area contributed by atoms with Crippen LogP contribution in [0.25, 0.3) is 0 Å². The highest BCUT2D eigenvalue weighted by Gasteiger charge is 2.36. The minimum Gasteiger partial charge on any atom is -0.508 e. The van der Waals surface area contributed by atoms with E-state index in [2.05, 4.69) is 42.6 Å². The second kappa shape index (κ2) is 8.04. The van der Waals surface area contributed by atoms with Crippen molar-refractivity contribution in [2.24, 2.45) is 0 Å². The standard InChI is InChI=1S/C20H15Br2N3O5/c1-29-11-3-5-15(26)13(9-11)18-23-14-4-2-10(21)8-12(14)20(28)25(18)24-19(27)16-6-7-17(22)30-16/h2-9,18,23,26H,1H3,(H,24,27). The van der Waals surface area contributed by atoms with Crippen molar-refractivity contribution in [2.75, 3.05) is 12.4 Å². The molecule has 1 aliphatic rings. The monoisotopic (exact) mass is 535 g/mol. The molecular formula is C20H15Br2N3O5. The molecule has 30 heavy (non-hydrogen) atoms.